The van der Waals surface area contributed by atoms with Gasteiger partial charge in [0.15, 0.2) is 0 Å². The minimum absolute atomic E-state index is 0.172. The summed E-state index contributed by atoms with van der Waals surface area (Å²) in [5.41, 5.74) is 0.682. The van der Waals surface area contributed by atoms with E-state index in [-0.39, 0.29) is 6.61 Å². The lowest BCUT2D eigenvalue weighted by Gasteiger charge is -2.08. The standard InChI is InChI=1S/C13H10F3NO/c14-13(15,16)11-3-1-2-10(7-11)12-6-9(8-18)4-5-17-12/h1-7,18H,8H2. The maximum Gasteiger partial charge on any atom is 0.416 e. The van der Waals surface area contributed by atoms with Crippen molar-refractivity contribution in [3.8, 4) is 11.3 Å². The normalized spacial score (nSPS) is 11.6. The van der Waals surface area contributed by atoms with Gasteiger partial charge in [0, 0.05) is 11.8 Å². The largest absolute Gasteiger partial charge is 0.416 e. The Balaban J connectivity index is 2.44. The summed E-state index contributed by atoms with van der Waals surface area (Å²) in [4.78, 5) is 4.00. The highest BCUT2D eigenvalue weighted by Gasteiger charge is 2.30. The zero-order valence-electron chi connectivity index (χ0n) is 9.28. The lowest BCUT2D eigenvalue weighted by molar-refractivity contribution is -0.137. The van der Waals surface area contributed by atoms with Crippen molar-refractivity contribution in [3.05, 3.63) is 53.7 Å². The molecule has 0 saturated carbocycles. The highest BCUT2D eigenvalue weighted by atomic mass is 19.4. The summed E-state index contributed by atoms with van der Waals surface area (Å²) >= 11 is 0. The van der Waals surface area contributed by atoms with Crippen molar-refractivity contribution >= 4 is 0 Å². The average molecular weight is 253 g/mol. The maximum atomic E-state index is 12.6. The molecule has 0 spiro atoms. The molecule has 5 heteroatoms. The Morgan fingerprint density at radius 3 is 2.56 bits per heavy atom. The number of aliphatic hydroxyl groups excluding tert-OH is 1. The van der Waals surface area contributed by atoms with Crippen LogP contribution in [0.4, 0.5) is 13.2 Å². The first kappa shape index (κ1) is 12.6. The van der Waals surface area contributed by atoms with Crippen LogP contribution in [0.15, 0.2) is 42.6 Å². The first-order valence-electron chi connectivity index (χ1n) is 5.24. The monoisotopic (exact) mass is 253 g/mol. The molecule has 1 aromatic heterocycles. The quantitative estimate of drug-likeness (QED) is 0.891. The smallest absolute Gasteiger partial charge is 0.392 e. The molecular formula is C13H10F3NO. The third-order valence-corrected chi connectivity index (χ3v) is 2.49. The van der Waals surface area contributed by atoms with Crippen LogP contribution in [0.3, 0.4) is 0 Å². The Bertz CT molecular complexity index is 552. The Hall–Kier alpha value is -1.88. The van der Waals surface area contributed by atoms with Gasteiger partial charge in [0.2, 0.25) is 0 Å². The third kappa shape index (κ3) is 2.68. The lowest BCUT2D eigenvalue weighted by Crippen LogP contribution is -2.04. The number of alkyl halides is 3. The summed E-state index contributed by atoms with van der Waals surface area (Å²) in [7, 11) is 0. The highest BCUT2D eigenvalue weighted by molar-refractivity contribution is 5.60. The molecule has 0 aliphatic carbocycles. The predicted octanol–water partition coefficient (Wildman–Crippen LogP) is 3.26. The van der Waals surface area contributed by atoms with Crippen molar-refractivity contribution < 1.29 is 18.3 Å². The molecule has 0 radical (unpaired) electrons. The summed E-state index contributed by atoms with van der Waals surface area (Å²) < 4.78 is 37.7. The zero-order chi connectivity index (χ0) is 13.2. The Labute approximate surface area is 102 Å². The number of hydrogen-bond donors (Lipinski definition) is 1. The SMILES string of the molecule is OCc1ccnc(-c2cccc(C(F)(F)F)c2)c1. The van der Waals surface area contributed by atoms with E-state index in [4.69, 9.17) is 5.11 Å². The number of aromatic nitrogens is 1. The molecule has 0 aliphatic heterocycles. The van der Waals surface area contributed by atoms with E-state index in [9.17, 15) is 13.2 Å². The summed E-state index contributed by atoms with van der Waals surface area (Å²) in [6, 6.07) is 8.12. The molecule has 2 aromatic rings. The highest BCUT2D eigenvalue weighted by Crippen LogP contribution is 2.31. The second kappa shape index (κ2) is 4.78. The van der Waals surface area contributed by atoms with Crippen molar-refractivity contribution in [2.75, 3.05) is 0 Å². The molecule has 1 heterocycles. The molecule has 0 atom stereocenters. The van der Waals surface area contributed by atoms with Gasteiger partial charge < -0.3 is 5.11 Å². The molecule has 2 nitrogen and oxygen atoms in total. The molecule has 0 amide bonds. The van der Waals surface area contributed by atoms with Crippen LogP contribution in [0, 0.1) is 0 Å². The van der Waals surface area contributed by atoms with Gasteiger partial charge in [-0.1, -0.05) is 12.1 Å². The number of pyridine rings is 1. The Kier molecular flexibility index (Phi) is 3.34. The Morgan fingerprint density at radius 1 is 1.11 bits per heavy atom. The maximum absolute atomic E-state index is 12.6. The fourth-order valence-electron chi connectivity index (χ4n) is 1.59. The summed E-state index contributed by atoms with van der Waals surface area (Å²) in [6.45, 7) is -0.172. The van der Waals surface area contributed by atoms with Crippen molar-refractivity contribution in [1.29, 1.82) is 0 Å². The van der Waals surface area contributed by atoms with E-state index in [1.807, 2.05) is 0 Å². The van der Waals surface area contributed by atoms with E-state index in [2.05, 4.69) is 4.98 Å². The predicted molar refractivity (Wildman–Crippen MR) is 60.6 cm³/mol. The Morgan fingerprint density at radius 2 is 1.89 bits per heavy atom. The van der Waals surface area contributed by atoms with Gasteiger partial charge in [-0.3, -0.25) is 4.98 Å². The van der Waals surface area contributed by atoms with E-state index >= 15 is 0 Å². The number of halogens is 3. The van der Waals surface area contributed by atoms with Crippen molar-refractivity contribution in [2.45, 2.75) is 12.8 Å². The first-order chi connectivity index (χ1) is 8.50. The van der Waals surface area contributed by atoms with Gasteiger partial charge in [0.25, 0.3) is 0 Å². The zero-order valence-corrected chi connectivity index (χ0v) is 9.28. The topological polar surface area (TPSA) is 33.1 Å². The molecule has 0 unspecified atom stereocenters. The van der Waals surface area contributed by atoms with Gasteiger partial charge in [0.05, 0.1) is 17.9 Å². The molecule has 0 aliphatic rings. The van der Waals surface area contributed by atoms with E-state index in [1.165, 1.54) is 12.3 Å². The van der Waals surface area contributed by atoms with Crippen LogP contribution in [0.2, 0.25) is 0 Å². The molecule has 0 bridgehead atoms. The third-order valence-electron chi connectivity index (χ3n) is 2.49. The van der Waals surface area contributed by atoms with Crippen LogP contribution in [0.5, 0.6) is 0 Å². The van der Waals surface area contributed by atoms with Gasteiger partial charge >= 0.3 is 6.18 Å². The second-order valence-electron chi connectivity index (χ2n) is 3.79. The first-order valence-corrected chi connectivity index (χ1v) is 5.24. The minimum Gasteiger partial charge on any atom is -0.392 e. The molecule has 18 heavy (non-hydrogen) atoms. The van der Waals surface area contributed by atoms with Gasteiger partial charge in [-0.15, -0.1) is 0 Å². The average Bonchev–Trinajstić information content (AvgIpc) is 2.38. The van der Waals surface area contributed by atoms with Crippen molar-refractivity contribution in [1.82, 2.24) is 4.98 Å². The summed E-state index contributed by atoms with van der Waals surface area (Å²) in [5.74, 6) is 0. The number of hydrogen-bond acceptors (Lipinski definition) is 2. The van der Waals surface area contributed by atoms with E-state index < -0.39 is 11.7 Å². The van der Waals surface area contributed by atoms with E-state index in [0.717, 1.165) is 12.1 Å². The molecule has 94 valence electrons. The van der Waals surface area contributed by atoms with Gasteiger partial charge in [-0.2, -0.15) is 13.2 Å². The number of rotatable bonds is 2. The molecule has 0 saturated heterocycles. The van der Waals surface area contributed by atoms with Crippen LogP contribution >= 0.6 is 0 Å². The van der Waals surface area contributed by atoms with E-state index in [1.54, 1.807) is 18.2 Å². The second-order valence-corrected chi connectivity index (χ2v) is 3.79. The van der Waals surface area contributed by atoms with Crippen LogP contribution in [0.25, 0.3) is 11.3 Å². The fourth-order valence-corrected chi connectivity index (χ4v) is 1.59. The van der Waals surface area contributed by atoms with Crippen LogP contribution in [0.1, 0.15) is 11.1 Å². The van der Waals surface area contributed by atoms with Crippen molar-refractivity contribution in [2.24, 2.45) is 0 Å². The van der Waals surface area contributed by atoms with Gasteiger partial charge in [0.1, 0.15) is 0 Å². The minimum atomic E-state index is -4.37. The van der Waals surface area contributed by atoms with Gasteiger partial charge in [-0.25, -0.2) is 0 Å². The lowest BCUT2D eigenvalue weighted by atomic mass is 10.1. The summed E-state index contributed by atoms with van der Waals surface area (Å²) in [5, 5.41) is 8.99. The van der Waals surface area contributed by atoms with Crippen LogP contribution < -0.4 is 0 Å². The summed E-state index contributed by atoms with van der Waals surface area (Å²) in [6.07, 6.45) is -2.91. The van der Waals surface area contributed by atoms with Crippen LogP contribution in [-0.4, -0.2) is 10.1 Å². The molecular weight excluding hydrogens is 243 g/mol. The fraction of sp³-hybridized carbons (Fsp3) is 0.154. The molecule has 1 N–H and O–H groups in total. The van der Waals surface area contributed by atoms with Gasteiger partial charge in [-0.05, 0) is 29.8 Å². The van der Waals surface area contributed by atoms with Crippen molar-refractivity contribution in [3.63, 3.8) is 0 Å². The molecule has 2 rings (SSSR count). The number of aliphatic hydroxyl groups is 1. The van der Waals surface area contributed by atoms with Crippen LogP contribution in [-0.2, 0) is 12.8 Å². The number of benzene rings is 1. The molecule has 1 aromatic carbocycles. The van der Waals surface area contributed by atoms with E-state index in [0.29, 0.717) is 16.8 Å². The molecule has 0 fully saturated rings. The number of nitrogens with zero attached hydrogens (tertiary/aromatic N) is 1.